The molecule has 1 heterocycles. The summed E-state index contributed by atoms with van der Waals surface area (Å²) in [6.45, 7) is 2.58. The van der Waals surface area contributed by atoms with Crippen molar-refractivity contribution in [3.05, 3.63) is 58.1 Å². The van der Waals surface area contributed by atoms with Gasteiger partial charge in [-0.2, -0.15) is 0 Å². The second kappa shape index (κ2) is 4.82. The number of anilines is 2. The van der Waals surface area contributed by atoms with Crippen molar-refractivity contribution in [2.45, 2.75) is 13.3 Å². The molecule has 3 rings (SSSR count). The highest BCUT2D eigenvalue weighted by atomic mass is 79.9. The molecule has 3 heteroatoms. The van der Waals surface area contributed by atoms with Crippen molar-refractivity contribution in [2.75, 3.05) is 11.4 Å². The van der Waals surface area contributed by atoms with Crippen LogP contribution in [0.1, 0.15) is 22.8 Å². The first kappa shape index (κ1) is 12.4. The van der Waals surface area contributed by atoms with Gasteiger partial charge in [0.15, 0.2) is 5.78 Å². The molecule has 0 bridgehead atoms. The number of hydrogen-bond donors (Lipinski definition) is 0. The maximum Gasteiger partial charge on any atom is 0.160 e. The number of carbonyl (C=O) groups excluding carboxylic acids is 1. The largest absolute Gasteiger partial charge is 0.341 e. The number of rotatable bonds is 2. The Balaban J connectivity index is 2.01. The zero-order valence-corrected chi connectivity index (χ0v) is 12.3. The summed E-state index contributed by atoms with van der Waals surface area (Å²) in [6, 6.07) is 14.4. The van der Waals surface area contributed by atoms with Gasteiger partial charge >= 0.3 is 0 Å². The van der Waals surface area contributed by atoms with Gasteiger partial charge in [0.05, 0.1) is 0 Å². The third-order valence-electron chi connectivity index (χ3n) is 3.53. The van der Waals surface area contributed by atoms with Crippen LogP contribution in [0.2, 0.25) is 0 Å². The number of nitrogens with zero attached hydrogens (tertiary/aromatic N) is 1. The molecule has 0 saturated carbocycles. The highest BCUT2D eigenvalue weighted by Crippen LogP contribution is 2.35. The Morgan fingerprint density at radius 3 is 2.74 bits per heavy atom. The lowest BCUT2D eigenvalue weighted by Gasteiger charge is -2.20. The maximum absolute atomic E-state index is 11.5. The summed E-state index contributed by atoms with van der Waals surface area (Å²) >= 11 is 3.49. The summed E-state index contributed by atoms with van der Waals surface area (Å²) in [6.07, 6.45) is 1.07. The fourth-order valence-corrected chi connectivity index (χ4v) is 3.21. The first-order valence-electron chi connectivity index (χ1n) is 6.33. The van der Waals surface area contributed by atoms with Crippen molar-refractivity contribution in [1.82, 2.24) is 0 Å². The first-order valence-corrected chi connectivity index (χ1v) is 7.12. The highest BCUT2D eigenvalue weighted by Gasteiger charge is 2.20. The van der Waals surface area contributed by atoms with Crippen LogP contribution in [0.15, 0.2) is 46.9 Å². The predicted molar refractivity (Wildman–Crippen MR) is 81.3 cm³/mol. The van der Waals surface area contributed by atoms with Gasteiger partial charge in [0, 0.05) is 28.0 Å². The van der Waals surface area contributed by atoms with Gasteiger partial charge in [-0.05, 0) is 59.1 Å². The zero-order valence-electron chi connectivity index (χ0n) is 10.7. The third kappa shape index (κ3) is 2.19. The van der Waals surface area contributed by atoms with Crippen molar-refractivity contribution in [1.29, 1.82) is 0 Å². The van der Waals surface area contributed by atoms with Crippen LogP contribution in [0.3, 0.4) is 0 Å². The van der Waals surface area contributed by atoms with Crippen molar-refractivity contribution in [2.24, 2.45) is 0 Å². The van der Waals surface area contributed by atoms with Gasteiger partial charge in [-0.1, -0.05) is 18.2 Å². The predicted octanol–water partition coefficient (Wildman–Crippen LogP) is 4.35. The van der Waals surface area contributed by atoms with E-state index < -0.39 is 0 Å². The first-order chi connectivity index (χ1) is 9.16. The summed E-state index contributed by atoms with van der Waals surface area (Å²) in [5.41, 5.74) is 4.51. The van der Waals surface area contributed by atoms with Gasteiger partial charge in [-0.3, -0.25) is 4.79 Å². The number of Topliss-reactive ketones (excluding diaryl/α,β-unsaturated/α-hetero) is 1. The Morgan fingerprint density at radius 2 is 2.00 bits per heavy atom. The Morgan fingerprint density at radius 1 is 1.21 bits per heavy atom. The van der Waals surface area contributed by atoms with Gasteiger partial charge in [0.25, 0.3) is 0 Å². The fraction of sp³-hybridized carbons (Fsp3) is 0.188. The van der Waals surface area contributed by atoms with Crippen LogP contribution in [0.25, 0.3) is 0 Å². The molecule has 2 nitrogen and oxygen atoms in total. The normalized spacial score (nSPS) is 13.5. The summed E-state index contributed by atoms with van der Waals surface area (Å²) in [5, 5.41) is 0. The molecule has 0 radical (unpaired) electrons. The summed E-state index contributed by atoms with van der Waals surface area (Å²) in [4.78, 5) is 13.7. The van der Waals surface area contributed by atoms with Gasteiger partial charge in [0.1, 0.15) is 0 Å². The molecule has 0 spiro atoms. The molecule has 0 unspecified atom stereocenters. The molecule has 0 atom stereocenters. The SMILES string of the molecule is CC(=O)c1ccc(N2CCc3ccccc32)cc1Br. The van der Waals surface area contributed by atoms with Crippen LogP contribution in [0.5, 0.6) is 0 Å². The molecule has 1 aliphatic heterocycles. The maximum atomic E-state index is 11.5. The van der Waals surface area contributed by atoms with Crippen LogP contribution in [-0.2, 0) is 6.42 Å². The minimum Gasteiger partial charge on any atom is -0.341 e. The molecule has 19 heavy (non-hydrogen) atoms. The zero-order chi connectivity index (χ0) is 13.4. The van der Waals surface area contributed by atoms with E-state index in [-0.39, 0.29) is 5.78 Å². The van der Waals surface area contributed by atoms with Crippen LogP contribution >= 0.6 is 15.9 Å². The van der Waals surface area contributed by atoms with E-state index in [1.807, 2.05) is 18.2 Å². The third-order valence-corrected chi connectivity index (χ3v) is 4.19. The molecular formula is C16H14BrNO. The van der Waals surface area contributed by atoms with Crippen molar-refractivity contribution in [3.8, 4) is 0 Å². The molecule has 0 amide bonds. The Labute approximate surface area is 121 Å². The highest BCUT2D eigenvalue weighted by molar-refractivity contribution is 9.10. The van der Waals surface area contributed by atoms with E-state index in [2.05, 4.69) is 45.1 Å². The Kier molecular flexibility index (Phi) is 3.15. The fourth-order valence-electron chi connectivity index (χ4n) is 2.56. The van der Waals surface area contributed by atoms with Crippen LogP contribution in [0, 0.1) is 0 Å². The summed E-state index contributed by atoms with van der Waals surface area (Å²) < 4.78 is 0.863. The lowest BCUT2D eigenvalue weighted by atomic mass is 10.1. The van der Waals surface area contributed by atoms with Crippen molar-refractivity contribution >= 4 is 33.1 Å². The number of carbonyl (C=O) groups is 1. The van der Waals surface area contributed by atoms with Crippen LogP contribution < -0.4 is 4.90 Å². The van der Waals surface area contributed by atoms with Gasteiger partial charge in [-0.15, -0.1) is 0 Å². The van der Waals surface area contributed by atoms with E-state index in [0.717, 1.165) is 28.7 Å². The Bertz CT molecular complexity index is 651. The number of fused-ring (bicyclic) bond motifs is 1. The van der Waals surface area contributed by atoms with Gasteiger partial charge in [0.2, 0.25) is 0 Å². The van der Waals surface area contributed by atoms with E-state index in [1.165, 1.54) is 11.3 Å². The topological polar surface area (TPSA) is 20.3 Å². The van der Waals surface area contributed by atoms with Gasteiger partial charge in [-0.25, -0.2) is 0 Å². The smallest absolute Gasteiger partial charge is 0.160 e. The lowest BCUT2D eigenvalue weighted by molar-refractivity contribution is 0.101. The Hall–Kier alpha value is -1.61. The number of halogens is 1. The number of benzene rings is 2. The molecule has 0 aliphatic carbocycles. The second-order valence-corrected chi connectivity index (χ2v) is 5.61. The number of para-hydroxylation sites is 1. The van der Waals surface area contributed by atoms with Crippen LogP contribution in [-0.4, -0.2) is 12.3 Å². The van der Waals surface area contributed by atoms with Crippen molar-refractivity contribution in [3.63, 3.8) is 0 Å². The average molecular weight is 316 g/mol. The molecular weight excluding hydrogens is 302 g/mol. The monoisotopic (exact) mass is 315 g/mol. The van der Waals surface area contributed by atoms with E-state index >= 15 is 0 Å². The van der Waals surface area contributed by atoms with E-state index in [9.17, 15) is 4.79 Å². The number of ketones is 1. The molecule has 0 N–H and O–H groups in total. The molecule has 0 aromatic heterocycles. The molecule has 96 valence electrons. The minimum absolute atomic E-state index is 0.0836. The second-order valence-electron chi connectivity index (χ2n) is 4.75. The van der Waals surface area contributed by atoms with E-state index in [4.69, 9.17) is 0 Å². The summed E-state index contributed by atoms with van der Waals surface area (Å²) in [7, 11) is 0. The van der Waals surface area contributed by atoms with Crippen LogP contribution in [0.4, 0.5) is 11.4 Å². The lowest BCUT2D eigenvalue weighted by Crippen LogP contribution is -2.13. The van der Waals surface area contributed by atoms with E-state index in [1.54, 1.807) is 6.92 Å². The molecule has 2 aromatic rings. The number of hydrogen-bond acceptors (Lipinski definition) is 2. The molecule has 2 aromatic carbocycles. The molecule has 0 fully saturated rings. The standard InChI is InChI=1S/C16H14BrNO/c1-11(19)14-7-6-13(10-15(14)17)18-9-8-12-4-2-3-5-16(12)18/h2-7,10H,8-9H2,1H3. The van der Waals surface area contributed by atoms with Crippen molar-refractivity contribution < 1.29 is 4.79 Å². The van der Waals surface area contributed by atoms with Gasteiger partial charge < -0.3 is 4.90 Å². The molecule has 1 aliphatic rings. The van der Waals surface area contributed by atoms with E-state index in [0.29, 0.717) is 0 Å². The average Bonchev–Trinajstić information content (AvgIpc) is 2.82. The quantitative estimate of drug-likeness (QED) is 0.768. The minimum atomic E-state index is 0.0836. The summed E-state index contributed by atoms with van der Waals surface area (Å²) in [5.74, 6) is 0.0836. The molecule has 0 saturated heterocycles.